The molecule has 4 heteroatoms. The molecular weight excluding hydrogens is 285 g/mol. The van der Waals surface area contributed by atoms with Gasteiger partial charge in [0.1, 0.15) is 0 Å². The van der Waals surface area contributed by atoms with Gasteiger partial charge in [-0.2, -0.15) is 0 Å². The summed E-state index contributed by atoms with van der Waals surface area (Å²) in [4.78, 5) is 2.31. The van der Waals surface area contributed by atoms with Gasteiger partial charge >= 0.3 is 0 Å². The highest BCUT2D eigenvalue weighted by Gasteiger charge is 2.11. The molecule has 0 amide bonds. The van der Waals surface area contributed by atoms with Crippen LogP contribution in [0.1, 0.15) is 30.7 Å². The number of nitrogens with two attached hydrogens (primary N) is 1. The van der Waals surface area contributed by atoms with E-state index in [9.17, 15) is 0 Å². The van der Waals surface area contributed by atoms with Gasteiger partial charge in [-0.1, -0.05) is 36.5 Å². The average Bonchev–Trinajstić information content (AvgIpc) is 2.82. The molecule has 18 heavy (non-hydrogen) atoms. The highest BCUT2D eigenvalue weighted by atomic mass is 35.5. The maximum absolute atomic E-state index is 6.20. The monoisotopic (exact) mass is 299 g/mol. The molecule has 0 radical (unpaired) electrons. The lowest BCUT2D eigenvalue weighted by atomic mass is 10.1. The summed E-state index contributed by atoms with van der Waals surface area (Å²) in [5, 5.41) is 1.42. The lowest BCUT2D eigenvalue weighted by molar-refractivity contribution is 0.648. The number of hydrogen-bond donors (Lipinski definition) is 1. The quantitative estimate of drug-likeness (QED) is 0.790. The maximum atomic E-state index is 6.20. The van der Waals surface area contributed by atoms with Gasteiger partial charge in [0.15, 0.2) is 0 Å². The zero-order valence-electron chi connectivity index (χ0n) is 10.1. The Kier molecular flexibility index (Phi) is 4.68. The minimum Gasteiger partial charge on any atom is -0.323 e. The third kappa shape index (κ3) is 3.07. The van der Waals surface area contributed by atoms with Gasteiger partial charge in [-0.15, -0.1) is 11.3 Å². The van der Waals surface area contributed by atoms with Crippen molar-refractivity contribution in [3.63, 3.8) is 0 Å². The average molecular weight is 300 g/mol. The first-order chi connectivity index (χ1) is 8.61. The molecule has 1 unspecified atom stereocenters. The third-order valence-electron chi connectivity index (χ3n) is 2.79. The minimum absolute atomic E-state index is 0.117. The van der Waals surface area contributed by atoms with Gasteiger partial charge in [0.2, 0.25) is 0 Å². The molecule has 1 heterocycles. The van der Waals surface area contributed by atoms with Crippen LogP contribution in [-0.2, 0) is 0 Å². The Morgan fingerprint density at radius 3 is 2.72 bits per heavy atom. The molecule has 1 nitrogen and oxygen atoms in total. The smallest absolute Gasteiger partial charge is 0.0493 e. The number of thiophene rings is 1. The van der Waals surface area contributed by atoms with Gasteiger partial charge in [-0.05, 0) is 36.8 Å². The van der Waals surface area contributed by atoms with Crippen LogP contribution in [0.15, 0.2) is 30.3 Å². The van der Waals surface area contributed by atoms with E-state index in [4.69, 9.17) is 28.9 Å². The second kappa shape index (κ2) is 6.07. The molecule has 1 atom stereocenters. The standard InChI is InChI=1S/C14H15Cl2NS/c1-2-3-12(17)14-7-6-13(18-14)10-8-9(15)4-5-11(10)16/h4-8,12H,2-3,17H2,1H3. The number of halogens is 2. The molecule has 0 saturated heterocycles. The zero-order valence-corrected chi connectivity index (χ0v) is 12.4. The molecule has 1 aromatic carbocycles. The maximum Gasteiger partial charge on any atom is 0.0493 e. The minimum atomic E-state index is 0.117. The third-order valence-corrected chi connectivity index (χ3v) is 4.60. The summed E-state index contributed by atoms with van der Waals surface area (Å²) in [6.07, 6.45) is 2.09. The van der Waals surface area contributed by atoms with E-state index in [0.29, 0.717) is 5.02 Å². The summed E-state index contributed by atoms with van der Waals surface area (Å²) in [6, 6.07) is 9.77. The van der Waals surface area contributed by atoms with Gasteiger partial charge in [0.25, 0.3) is 0 Å². The molecule has 0 spiro atoms. The van der Waals surface area contributed by atoms with Crippen LogP contribution in [0.5, 0.6) is 0 Å². The topological polar surface area (TPSA) is 26.0 Å². The van der Waals surface area contributed by atoms with E-state index in [-0.39, 0.29) is 6.04 Å². The molecule has 0 aliphatic rings. The summed E-state index contributed by atoms with van der Waals surface area (Å²) in [5.74, 6) is 0. The van der Waals surface area contributed by atoms with Crippen molar-refractivity contribution in [2.24, 2.45) is 5.73 Å². The van der Waals surface area contributed by atoms with E-state index in [1.54, 1.807) is 17.4 Å². The summed E-state index contributed by atoms with van der Waals surface area (Å²) >= 11 is 13.9. The van der Waals surface area contributed by atoms with Crippen LogP contribution in [0.4, 0.5) is 0 Å². The highest BCUT2D eigenvalue weighted by Crippen LogP contribution is 2.37. The summed E-state index contributed by atoms with van der Waals surface area (Å²) in [6.45, 7) is 2.14. The van der Waals surface area contributed by atoms with Gasteiger partial charge in [-0.25, -0.2) is 0 Å². The summed E-state index contributed by atoms with van der Waals surface area (Å²) in [5.41, 5.74) is 7.09. The first kappa shape index (κ1) is 13.9. The van der Waals surface area contributed by atoms with Crippen LogP contribution in [-0.4, -0.2) is 0 Å². The van der Waals surface area contributed by atoms with Gasteiger partial charge in [0, 0.05) is 31.4 Å². The van der Waals surface area contributed by atoms with Gasteiger partial charge in [-0.3, -0.25) is 0 Å². The van der Waals surface area contributed by atoms with Crippen molar-refractivity contribution in [3.05, 3.63) is 45.3 Å². The van der Waals surface area contributed by atoms with E-state index in [0.717, 1.165) is 28.3 Å². The molecule has 96 valence electrons. The first-order valence-electron chi connectivity index (χ1n) is 5.92. The van der Waals surface area contributed by atoms with Crippen molar-refractivity contribution in [2.45, 2.75) is 25.8 Å². The number of rotatable bonds is 4. The van der Waals surface area contributed by atoms with Crippen molar-refractivity contribution in [2.75, 3.05) is 0 Å². The van der Waals surface area contributed by atoms with E-state index < -0.39 is 0 Å². The lowest BCUT2D eigenvalue weighted by Gasteiger charge is -2.06. The second-order valence-electron chi connectivity index (χ2n) is 4.22. The van der Waals surface area contributed by atoms with E-state index in [1.165, 1.54) is 4.88 Å². The second-order valence-corrected chi connectivity index (χ2v) is 6.18. The Hall–Kier alpha value is -0.540. The Balaban J connectivity index is 2.32. The van der Waals surface area contributed by atoms with Crippen molar-refractivity contribution in [1.82, 2.24) is 0 Å². The molecule has 0 aliphatic carbocycles. The Morgan fingerprint density at radius 2 is 2.00 bits per heavy atom. The molecule has 0 saturated carbocycles. The first-order valence-corrected chi connectivity index (χ1v) is 7.49. The Morgan fingerprint density at radius 1 is 1.22 bits per heavy atom. The van der Waals surface area contributed by atoms with E-state index in [1.807, 2.05) is 12.1 Å². The predicted molar refractivity (Wildman–Crippen MR) is 81.6 cm³/mol. The van der Waals surface area contributed by atoms with Crippen LogP contribution in [0, 0.1) is 0 Å². The predicted octanol–water partition coefficient (Wildman–Crippen LogP) is 5.52. The molecule has 2 N–H and O–H groups in total. The molecule has 2 aromatic rings. The Labute approximate surface area is 122 Å². The molecule has 0 bridgehead atoms. The molecule has 0 aliphatic heterocycles. The zero-order chi connectivity index (χ0) is 13.1. The largest absolute Gasteiger partial charge is 0.323 e. The lowest BCUT2D eigenvalue weighted by Crippen LogP contribution is -2.07. The summed E-state index contributed by atoms with van der Waals surface area (Å²) in [7, 11) is 0. The van der Waals surface area contributed by atoms with Crippen molar-refractivity contribution in [1.29, 1.82) is 0 Å². The number of benzene rings is 1. The molecule has 0 fully saturated rings. The summed E-state index contributed by atoms with van der Waals surface area (Å²) < 4.78 is 0. The highest BCUT2D eigenvalue weighted by molar-refractivity contribution is 7.15. The van der Waals surface area contributed by atoms with Crippen LogP contribution in [0.2, 0.25) is 10.0 Å². The van der Waals surface area contributed by atoms with Crippen LogP contribution >= 0.6 is 34.5 Å². The fourth-order valence-corrected chi connectivity index (χ4v) is 3.36. The van der Waals surface area contributed by atoms with Gasteiger partial charge in [0.05, 0.1) is 0 Å². The van der Waals surface area contributed by atoms with Crippen LogP contribution in [0.25, 0.3) is 10.4 Å². The normalized spacial score (nSPS) is 12.7. The fraction of sp³-hybridized carbons (Fsp3) is 0.286. The van der Waals surface area contributed by atoms with Crippen molar-refractivity contribution >= 4 is 34.5 Å². The van der Waals surface area contributed by atoms with E-state index >= 15 is 0 Å². The van der Waals surface area contributed by atoms with Crippen molar-refractivity contribution in [3.8, 4) is 10.4 Å². The van der Waals surface area contributed by atoms with Crippen LogP contribution in [0.3, 0.4) is 0 Å². The Bertz CT molecular complexity index is 536. The molecular formula is C14H15Cl2NS. The van der Waals surface area contributed by atoms with Crippen LogP contribution < -0.4 is 5.73 Å². The number of hydrogen-bond acceptors (Lipinski definition) is 2. The molecule has 1 aromatic heterocycles. The van der Waals surface area contributed by atoms with Crippen molar-refractivity contribution < 1.29 is 0 Å². The molecule has 2 rings (SSSR count). The van der Waals surface area contributed by atoms with Gasteiger partial charge < -0.3 is 5.73 Å². The SMILES string of the molecule is CCCC(N)c1ccc(-c2cc(Cl)ccc2Cl)s1. The van der Waals surface area contributed by atoms with E-state index in [2.05, 4.69) is 19.1 Å². The fourth-order valence-electron chi connectivity index (χ4n) is 1.84.